The Morgan fingerprint density at radius 1 is 1.50 bits per heavy atom. The monoisotopic (exact) mass is 195 g/mol. The van der Waals surface area contributed by atoms with Crippen molar-refractivity contribution < 1.29 is 9.59 Å². The molecule has 0 bridgehead atoms. The zero-order valence-corrected chi connectivity index (χ0v) is 7.69. The largest absolute Gasteiger partial charge is 0.370 e. The van der Waals surface area contributed by atoms with Gasteiger partial charge in [0.05, 0.1) is 6.04 Å². The molecule has 1 unspecified atom stereocenters. The molecule has 0 aromatic rings. The fourth-order valence-electron chi connectivity index (χ4n) is 0.614. The summed E-state index contributed by atoms with van der Waals surface area (Å²) < 4.78 is 0. The number of nitrogens with two attached hydrogens (primary N) is 2. The smallest absolute Gasteiger partial charge is 0.236 e. The molecule has 0 aliphatic heterocycles. The molecule has 0 heterocycles. The molecule has 5 N–H and O–H groups in total. The number of carbonyl (C=O) groups is 2. The Kier molecular flexibility index (Phi) is 7.88. The maximum Gasteiger partial charge on any atom is 0.236 e. The summed E-state index contributed by atoms with van der Waals surface area (Å²) >= 11 is 0. The van der Waals surface area contributed by atoms with Crippen LogP contribution < -0.4 is 16.8 Å². The standard InChI is InChI=1S/C6H13N3O2.ClH/c1-9-6(11)4(7)2-3-5(8)10;/h4H,2-3,7H2,1H3,(H2,8,10)(H,9,11);1H. The van der Waals surface area contributed by atoms with Gasteiger partial charge in [-0.05, 0) is 6.42 Å². The predicted octanol–water partition coefficient (Wildman–Crippen LogP) is -1.25. The Hall–Kier alpha value is -0.810. The Morgan fingerprint density at radius 2 is 2.00 bits per heavy atom. The van der Waals surface area contributed by atoms with Crippen LogP contribution in [0, 0.1) is 0 Å². The molecule has 1 atom stereocenters. The molecule has 5 nitrogen and oxygen atoms in total. The highest BCUT2D eigenvalue weighted by molar-refractivity contribution is 5.85. The van der Waals surface area contributed by atoms with Crippen LogP contribution in [-0.4, -0.2) is 24.9 Å². The van der Waals surface area contributed by atoms with Gasteiger partial charge in [-0.2, -0.15) is 0 Å². The van der Waals surface area contributed by atoms with E-state index in [0.717, 1.165) is 0 Å². The predicted molar refractivity (Wildman–Crippen MR) is 47.7 cm³/mol. The van der Waals surface area contributed by atoms with E-state index in [2.05, 4.69) is 5.32 Å². The normalized spacial score (nSPS) is 11.2. The van der Waals surface area contributed by atoms with Crippen molar-refractivity contribution >= 4 is 24.2 Å². The van der Waals surface area contributed by atoms with Crippen LogP contribution in [0.4, 0.5) is 0 Å². The van der Waals surface area contributed by atoms with Crippen molar-refractivity contribution in [2.45, 2.75) is 18.9 Å². The summed E-state index contributed by atoms with van der Waals surface area (Å²) in [5.41, 5.74) is 10.2. The highest BCUT2D eigenvalue weighted by Crippen LogP contribution is 1.92. The van der Waals surface area contributed by atoms with E-state index in [0.29, 0.717) is 6.42 Å². The summed E-state index contributed by atoms with van der Waals surface area (Å²) in [5.74, 6) is -0.712. The van der Waals surface area contributed by atoms with Crippen molar-refractivity contribution in [1.82, 2.24) is 5.32 Å². The van der Waals surface area contributed by atoms with Crippen molar-refractivity contribution in [1.29, 1.82) is 0 Å². The molecule has 0 radical (unpaired) electrons. The molecular weight excluding hydrogens is 182 g/mol. The first kappa shape index (κ1) is 13.8. The lowest BCUT2D eigenvalue weighted by molar-refractivity contribution is -0.122. The van der Waals surface area contributed by atoms with Crippen LogP contribution in [0.1, 0.15) is 12.8 Å². The van der Waals surface area contributed by atoms with Crippen LogP contribution in [0.15, 0.2) is 0 Å². The van der Waals surface area contributed by atoms with Gasteiger partial charge < -0.3 is 16.8 Å². The molecule has 72 valence electrons. The van der Waals surface area contributed by atoms with Gasteiger partial charge in [0.25, 0.3) is 0 Å². The maximum absolute atomic E-state index is 10.7. The Balaban J connectivity index is 0. The number of hydrogen-bond donors (Lipinski definition) is 3. The summed E-state index contributed by atoms with van der Waals surface area (Å²) in [4.78, 5) is 21.0. The van der Waals surface area contributed by atoms with Crippen LogP contribution in [0.25, 0.3) is 0 Å². The molecule has 12 heavy (non-hydrogen) atoms. The molecule has 0 fully saturated rings. The maximum atomic E-state index is 10.7. The van der Waals surface area contributed by atoms with E-state index in [-0.39, 0.29) is 24.7 Å². The fraction of sp³-hybridized carbons (Fsp3) is 0.667. The van der Waals surface area contributed by atoms with E-state index < -0.39 is 11.9 Å². The van der Waals surface area contributed by atoms with E-state index in [1.165, 1.54) is 7.05 Å². The van der Waals surface area contributed by atoms with Crippen LogP contribution in [0.2, 0.25) is 0 Å². The van der Waals surface area contributed by atoms with Gasteiger partial charge in [0.15, 0.2) is 0 Å². The Morgan fingerprint density at radius 3 is 2.33 bits per heavy atom. The number of amides is 2. The first-order chi connectivity index (χ1) is 5.07. The molecular formula is C6H14ClN3O2. The van der Waals surface area contributed by atoms with E-state index in [4.69, 9.17) is 11.5 Å². The molecule has 0 aliphatic carbocycles. The molecule has 0 aliphatic rings. The lowest BCUT2D eigenvalue weighted by Gasteiger charge is -2.07. The Bertz CT molecular complexity index is 163. The first-order valence-electron chi connectivity index (χ1n) is 3.33. The second-order valence-corrected chi connectivity index (χ2v) is 2.23. The molecule has 0 spiro atoms. The summed E-state index contributed by atoms with van der Waals surface area (Å²) in [5, 5.41) is 2.37. The highest BCUT2D eigenvalue weighted by atomic mass is 35.5. The van der Waals surface area contributed by atoms with Crippen molar-refractivity contribution in [3.63, 3.8) is 0 Å². The zero-order chi connectivity index (χ0) is 8.85. The van der Waals surface area contributed by atoms with Gasteiger partial charge in [-0.25, -0.2) is 0 Å². The van der Waals surface area contributed by atoms with Gasteiger partial charge in [0.2, 0.25) is 11.8 Å². The Labute approximate surface area is 77.3 Å². The number of hydrogen-bond acceptors (Lipinski definition) is 3. The van der Waals surface area contributed by atoms with Crippen molar-refractivity contribution in [3.8, 4) is 0 Å². The summed E-state index contributed by atoms with van der Waals surface area (Å²) in [6.45, 7) is 0. The van der Waals surface area contributed by atoms with Crippen LogP contribution in [-0.2, 0) is 9.59 Å². The third kappa shape index (κ3) is 5.94. The van der Waals surface area contributed by atoms with Gasteiger partial charge >= 0.3 is 0 Å². The molecule has 0 saturated heterocycles. The number of nitrogens with one attached hydrogen (secondary N) is 1. The van der Waals surface area contributed by atoms with E-state index in [9.17, 15) is 9.59 Å². The molecule has 6 heteroatoms. The van der Waals surface area contributed by atoms with Crippen molar-refractivity contribution in [3.05, 3.63) is 0 Å². The molecule has 0 aromatic heterocycles. The number of carbonyl (C=O) groups excluding carboxylic acids is 2. The summed E-state index contributed by atoms with van der Waals surface area (Å²) in [7, 11) is 1.49. The van der Waals surface area contributed by atoms with Crippen LogP contribution >= 0.6 is 12.4 Å². The lowest BCUT2D eigenvalue weighted by Crippen LogP contribution is -2.39. The number of likely N-dealkylation sites (N-methyl/N-ethyl adjacent to an activating group) is 1. The minimum atomic E-state index is -0.632. The minimum absolute atomic E-state index is 0. The summed E-state index contributed by atoms with van der Waals surface area (Å²) in [6, 6.07) is -0.632. The number of rotatable bonds is 4. The molecule has 0 saturated carbocycles. The quantitative estimate of drug-likeness (QED) is 0.523. The van der Waals surface area contributed by atoms with E-state index in [1.807, 2.05) is 0 Å². The topological polar surface area (TPSA) is 98.2 Å². The van der Waals surface area contributed by atoms with Crippen molar-refractivity contribution in [2.75, 3.05) is 7.05 Å². The molecule has 0 aromatic carbocycles. The fourth-order valence-corrected chi connectivity index (χ4v) is 0.614. The van der Waals surface area contributed by atoms with Crippen LogP contribution in [0.3, 0.4) is 0 Å². The van der Waals surface area contributed by atoms with Gasteiger partial charge in [-0.1, -0.05) is 0 Å². The van der Waals surface area contributed by atoms with Gasteiger partial charge in [0.1, 0.15) is 0 Å². The second-order valence-electron chi connectivity index (χ2n) is 2.23. The highest BCUT2D eigenvalue weighted by Gasteiger charge is 2.11. The van der Waals surface area contributed by atoms with E-state index >= 15 is 0 Å². The van der Waals surface area contributed by atoms with Crippen LogP contribution in [0.5, 0.6) is 0 Å². The first-order valence-corrected chi connectivity index (χ1v) is 3.33. The third-order valence-electron chi connectivity index (χ3n) is 1.28. The molecule has 0 rings (SSSR count). The number of halogens is 1. The van der Waals surface area contributed by atoms with Gasteiger partial charge in [0, 0.05) is 13.5 Å². The number of primary amides is 1. The summed E-state index contributed by atoms with van der Waals surface area (Å²) in [6.07, 6.45) is 0.448. The van der Waals surface area contributed by atoms with Crippen molar-refractivity contribution in [2.24, 2.45) is 11.5 Å². The third-order valence-corrected chi connectivity index (χ3v) is 1.28. The molecule has 2 amide bonds. The van der Waals surface area contributed by atoms with E-state index in [1.54, 1.807) is 0 Å². The second kappa shape index (κ2) is 6.87. The van der Waals surface area contributed by atoms with Gasteiger partial charge in [-0.3, -0.25) is 9.59 Å². The average Bonchev–Trinajstić information content (AvgIpc) is 1.98. The minimum Gasteiger partial charge on any atom is -0.370 e. The average molecular weight is 196 g/mol. The zero-order valence-electron chi connectivity index (χ0n) is 6.87. The van der Waals surface area contributed by atoms with Gasteiger partial charge in [-0.15, -0.1) is 12.4 Å². The lowest BCUT2D eigenvalue weighted by atomic mass is 10.1. The SMILES string of the molecule is CNC(=O)C(N)CCC(N)=O.Cl.